The van der Waals surface area contributed by atoms with Gasteiger partial charge in [-0.25, -0.2) is 0 Å². The molecule has 4 heteroatoms. The molecule has 1 amide bonds. The third-order valence-corrected chi connectivity index (χ3v) is 5.15. The largest absolute Gasteiger partial charge is 0.323 e. The topological polar surface area (TPSA) is 46.2 Å². The zero-order valence-corrected chi connectivity index (χ0v) is 14.3. The van der Waals surface area contributed by atoms with Crippen molar-refractivity contribution < 1.29 is 9.00 Å². The fourth-order valence-electron chi connectivity index (χ4n) is 2.43. The van der Waals surface area contributed by atoms with Gasteiger partial charge in [-0.1, -0.05) is 48.5 Å². The third kappa shape index (κ3) is 5.46. The summed E-state index contributed by atoms with van der Waals surface area (Å²) in [4.78, 5) is 11.9. The number of rotatable bonds is 7. The zero-order chi connectivity index (χ0) is 16.8. The van der Waals surface area contributed by atoms with Crippen molar-refractivity contribution in [3.8, 4) is 0 Å². The molecule has 1 atom stereocenters. The maximum Gasteiger partial charge on any atom is 0.248 e. The van der Waals surface area contributed by atoms with Crippen LogP contribution < -0.4 is 5.32 Å². The van der Waals surface area contributed by atoms with E-state index in [1.165, 1.54) is 12.8 Å². The molecular weight excluding hydrogens is 318 g/mol. The van der Waals surface area contributed by atoms with Crippen molar-refractivity contribution in [3.05, 3.63) is 77.9 Å². The Labute approximate surface area is 145 Å². The minimum Gasteiger partial charge on any atom is -0.323 e. The highest BCUT2D eigenvalue weighted by atomic mass is 32.2. The molecule has 0 spiro atoms. The molecule has 1 unspecified atom stereocenters. The Morgan fingerprint density at radius 3 is 2.50 bits per heavy atom. The highest BCUT2D eigenvalue weighted by Gasteiger charge is 2.17. The van der Waals surface area contributed by atoms with Crippen molar-refractivity contribution in [3.63, 3.8) is 0 Å². The van der Waals surface area contributed by atoms with Crippen LogP contribution in [0.4, 0.5) is 5.69 Å². The van der Waals surface area contributed by atoms with Crippen LogP contribution in [0.2, 0.25) is 0 Å². The van der Waals surface area contributed by atoms with E-state index >= 15 is 0 Å². The van der Waals surface area contributed by atoms with E-state index in [4.69, 9.17) is 0 Å². The van der Waals surface area contributed by atoms with E-state index in [-0.39, 0.29) is 5.91 Å². The molecule has 3 rings (SSSR count). The molecule has 1 N–H and O–H groups in total. The first kappa shape index (κ1) is 16.7. The predicted molar refractivity (Wildman–Crippen MR) is 98.9 cm³/mol. The van der Waals surface area contributed by atoms with Gasteiger partial charge in [-0.3, -0.25) is 9.00 Å². The van der Waals surface area contributed by atoms with E-state index in [9.17, 15) is 9.00 Å². The molecule has 2 aromatic rings. The highest BCUT2D eigenvalue weighted by Crippen LogP contribution is 2.29. The Morgan fingerprint density at radius 2 is 1.75 bits per heavy atom. The van der Waals surface area contributed by atoms with Crippen LogP contribution in [0.3, 0.4) is 0 Å². The second kappa shape index (κ2) is 8.06. The lowest BCUT2D eigenvalue weighted by atomic mass is 10.2. The number of allylic oxidation sites excluding steroid dienone is 1. The average molecular weight is 339 g/mol. The van der Waals surface area contributed by atoms with E-state index in [1.54, 1.807) is 6.08 Å². The van der Waals surface area contributed by atoms with Crippen LogP contribution in [0, 0.1) is 5.92 Å². The summed E-state index contributed by atoms with van der Waals surface area (Å²) in [5.74, 6) is 1.50. The number of benzene rings is 2. The fourth-order valence-corrected chi connectivity index (χ4v) is 3.65. The second-order valence-electron chi connectivity index (χ2n) is 6.10. The van der Waals surface area contributed by atoms with E-state index in [2.05, 4.69) is 5.32 Å². The second-order valence-corrected chi connectivity index (χ2v) is 7.56. The van der Waals surface area contributed by atoms with Gasteiger partial charge in [0.25, 0.3) is 0 Å². The maximum atomic E-state index is 12.3. The number of hydrogen-bond donors (Lipinski definition) is 1. The van der Waals surface area contributed by atoms with Crippen molar-refractivity contribution in [2.75, 3.05) is 5.32 Å². The van der Waals surface area contributed by atoms with Crippen LogP contribution >= 0.6 is 0 Å². The van der Waals surface area contributed by atoms with Crippen molar-refractivity contribution in [1.82, 2.24) is 0 Å². The summed E-state index contributed by atoms with van der Waals surface area (Å²) in [6.07, 6.45) is 5.95. The van der Waals surface area contributed by atoms with Crippen molar-refractivity contribution in [2.24, 2.45) is 5.92 Å². The Hall–Kier alpha value is -2.20. The Bertz CT molecular complexity index is 751. The first-order valence-corrected chi connectivity index (χ1v) is 9.65. The van der Waals surface area contributed by atoms with Gasteiger partial charge in [-0.15, -0.1) is 0 Å². The molecule has 124 valence electrons. The van der Waals surface area contributed by atoms with E-state index in [1.807, 2.05) is 60.7 Å². The molecule has 1 fully saturated rings. The van der Waals surface area contributed by atoms with Crippen LogP contribution in [0.25, 0.3) is 0 Å². The monoisotopic (exact) mass is 339 g/mol. The molecule has 0 bridgehead atoms. The van der Waals surface area contributed by atoms with Gasteiger partial charge in [0, 0.05) is 28.0 Å². The summed E-state index contributed by atoms with van der Waals surface area (Å²) >= 11 is 0. The summed E-state index contributed by atoms with van der Waals surface area (Å²) in [5.41, 5.74) is 2.79. The standard InChI is InChI=1S/C20H21NO2S/c22-20(12-11-16-9-10-16)21-19-8-4-7-18(13-19)15-24(23)14-17-5-2-1-3-6-17/h1-8,11-13,16H,9-10,14-15H2,(H,21,22). The Balaban J connectivity index is 1.56. The van der Waals surface area contributed by atoms with Gasteiger partial charge in [-0.2, -0.15) is 0 Å². The van der Waals surface area contributed by atoms with E-state index in [0.29, 0.717) is 17.4 Å². The molecule has 0 aliphatic heterocycles. The van der Waals surface area contributed by atoms with E-state index in [0.717, 1.165) is 16.8 Å². The Kier molecular flexibility index (Phi) is 5.59. The number of anilines is 1. The molecule has 1 aliphatic carbocycles. The summed E-state index contributed by atoms with van der Waals surface area (Å²) in [6, 6.07) is 17.4. The van der Waals surface area contributed by atoms with Crippen LogP contribution in [0.5, 0.6) is 0 Å². The highest BCUT2D eigenvalue weighted by molar-refractivity contribution is 7.83. The van der Waals surface area contributed by atoms with Crippen molar-refractivity contribution >= 4 is 22.4 Å². The minimum atomic E-state index is -0.971. The van der Waals surface area contributed by atoms with Crippen molar-refractivity contribution in [2.45, 2.75) is 24.3 Å². The zero-order valence-electron chi connectivity index (χ0n) is 13.5. The lowest BCUT2D eigenvalue weighted by molar-refractivity contribution is -0.111. The van der Waals surface area contributed by atoms with Gasteiger partial charge in [0.15, 0.2) is 0 Å². The number of carbonyl (C=O) groups excluding carboxylic acids is 1. The Morgan fingerprint density at radius 1 is 1.04 bits per heavy atom. The van der Waals surface area contributed by atoms with Gasteiger partial charge in [0.1, 0.15) is 0 Å². The molecule has 2 aromatic carbocycles. The molecule has 0 aromatic heterocycles. The third-order valence-electron chi connectivity index (χ3n) is 3.83. The molecule has 3 nitrogen and oxygen atoms in total. The quantitative estimate of drug-likeness (QED) is 0.774. The van der Waals surface area contributed by atoms with Crippen molar-refractivity contribution in [1.29, 1.82) is 0 Å². The molecule has 0 saturated heterocycles. The molecule has 0 radical (unpaired) electrons. The fraction of sp³-hybridized carbons (Fsp3) is 0.250. The van der Waals surface area contributed by atoms with Gasteiger partial charge in [0.05, 0.1) is 0 Å². The number of hydrogen-bond acceptors (Lipinski definition) is 2. The summed E-state index contributed by atoms with van der Waals surface area (Å²) in [7, 11) is -0.971. The molecule has 1 aliphatic rings. The molecule has 0 heterocycles. The minimum absolute atomic E-state index is 0.107. The summed E-state index contributed by atoms with van der Waals surface area (Å²) in [5, 5.41) is 2.86. The number of carbonyl (C=O) groups is 1. The predicted octanol–water partition coefficient (Wildman–Crippen LogP) is 4.04. The molecule has 24 heavy (non-hydrogen) atoms. The van der Waals surface area contributed by atoms with Gasteiger partial charge in [0.2, 0.25) is 5.91 Å². The normalized spacial score (nSPS) is 15.3. The lowest BCUT2D eigenvalue weighted by Gasteiger charge is -2.06. The van der Waals surface area contributed by atoms with E-state index < -0.39 is 10.8 Å². The van der Waals surface area contributed by atoms with Crippen LogP contribution in [-0.2, 0) is 27.1 Å². The number of nitrogens with one attached hydrogen (secondary N) is 1. The van der Waals surface area contributed by atoms with Gasteiger partial charge >= 0.3 is 0 Å². The van der Waals surface area contributed by atoms with Gasteiger partial charge in [-0.05, 0) is 48.1 Å². The number of amides is 1. The van der Waals surface area contributed by atoms with Crippen LogP contribution in [0.1, 0.15) is 24.0 Å². The lowest BCUT2D eigenvalue weighted by Crippen LogP contribution is -2.08. The first-order chi connectivity index (χ1) is 11.7. The SMILES string of the molecule is O=C(C=CC1CC1)Nc1cccc(CS(=O)Cc2ccccc2)c1. The smallest absolute Gasteiger partial charge is 0.248 e. The van der Waals surface area contributed by atoms with Crippen LogP contribution in [0.15, 0.2) is 66.7 Å². The summed E-state index contributed by atoms with van der Waals surface area (Å²) in [6.45, 7) is 0. The first-order valence-electron chi connectivity index (χ1n) is 8.16. The maximum absolute atomic E-state index is 12.3. The van der Waals surface area contributed by atoms with Crippen LogP contribution in [-0.4, -0.2) is 10.1 Å². The average Bonchev–Trinajstić information content (AvgIpc) is 3.38. The van der Waals surface area contributed by atoms with Gasteiger partial charge < -0.3 is 5.32 Å². The molecule has 1 saturated carbocycles. The molecular formula is C20H21NO2S. The summed E-state index contributed by atoms with van der Waals surface area (Å²) < 4.78 is 12.3.